The second kappa shape index (κ2) is 8.87. The summed E-state index contributed by atoms with van der Waals surface area (Å²) in [6, 6.07) is 5.51. The number of carbonyl (C=O) groups is 2. The van der Waals surface area contributed by atoms with Gasteiger partial charge in [0.2, 0.25) is 11.8 Å². The Morgan fingerprint density at radius 1 is 1.24 bits per heavy atom. The molecule has 0 spiro atoms. The van der Waals surface area contributed by atoms with Gasteiger partial charge in [-0.1, -0.05) is 11.2 Å². The Balaban J connectivity index is 1.55. The van der Waals surface area contributed by atoms with Crippen LogP contribution in [0.4, 0.5) is 11.4 Å². The summed E-state index contributed by atoms with van der Waals surface area (Å²) < 4.78 is 5.38. The molecule has 2 atom stereocenters. The first-order chi connectivity index (χ1) is 16.3. The first kappa shape index (κ1) is 22.6. The Bertz CT molecular complexity index is 1240. The summed E-state index contributed by atoms with van der Waals surface area (Å²) in [4.78, 5) is 33.0. The number of piperidine rings is 1. The number of primary amides is 1. The molecule has 3 N–H and O–H groups in total. The van der Waals surface area contributed by atoms with Crippen LogP contribution in [0.1, 0.15) is 52.7 Å². The van der Waals surface area contributed by atoms with Crippen LogP contribution in [0, 0.1) is 20.8 Å². The zero-order valence-corrected chi connectivity index (χ0v) is 20.5. The molecule has 9 heteroatoms. The standard InChI is InChI=1S/C25H29N5O3S/c1-13-24(14(2)33-29-13)16-7-9-18(28-17-8-10-19-22(12-17)34-15(3)27-19)21(11-16)30-20(25(26)32)5-4-6-23(30)31/h7,9,11,17,20,28H,4-6,8,10,12H2,1-3H3,(H2,26,32)/t17-,20+/m1/s1. The van der Waals surface area contributed by atoms with E-state index in [1.165, 1.54) is 10.6 Å². The van der Waals surface area contributed by atoms with E-state index in [1.54, 1.807) is 16.2 Å². The van der Waals surface area contributed by atoms with E-state index in [4.69, 9.17) is 10.3 Å². The molecule has 1 fully saturated rings. The molecule has 1 saturated heterocycles. The monoisotopic (exact) mass is 479 g/mol. The summed E-state index contributed by atoms with van der Waals surface area (Å²) in [6.45, 7) is 5.81. The van der Waals surface area contributed by atoms with Gasteiger partial charge in [-0.3, -0.25) is 14.5 Å². The average molecular weight is 480 g/mol. The predicted octanol–water partition coefficient (Wildman–Crippen LogP) is 4.06. The fourth-order valence-electron chi connectivity index (χ4n) is 5.19. The van der Waals surface area contributed by atoms with Gasteiger partial charge in [-0.05, 0) is 64.2 Å². The smallest absolute Gasteiger partial charge is 0.240 e. The van der Waals surface area contributed by atoms with E-state index in [0.717, 1.165) is 46.8 Å². The molecule has 2 aromatic heterocycles. The third kappa shape index (κ3) is 4.09. The highest BCUT2D eigenvalue weighted by Crippen LogP contribution is 2.39. The number of nitrogens with two attached hydrogens (primary N) is 1. The van der Waals surface area contributed by atoms with Crippen molar-refractivity contribution >= 4 is 34.5 Å². The van der Waals surface area contributed by atoms with Gasteiger partial charge in [0.05, 0.1) is 27.8 Å². The molecule has 0 saturated carbocycles. The van der Waals surface area contributed by atoms with Gasteiger partial charge in [0.15, 0.2) is 0 Å². The highest BCUT2D eigenvalue weighted by molar-refractivity contribution is 7.11. The van der Waals surface area contributed by atoms with Gasteiger partial charge >= 0.3 is 0 Å². The van der Waals surface area contributed by atoms with Crippen LogP contribution in [0.2, 0.25) is 0 Å². The molecule has 0 unspecified atom stereocenters. The van der Waals surface area contributed by atoms with E-state index in [9.17, 15) is 9.59 Å². The molecule has 2 aliphatic rings. The Kier molecular flexibility index (Phi) is 5.89. The van der Waals surface area contributed by atoms with Crippen molar-refractivity contribution < 1.29 is 14.1 Å². The minimum Gasteiger partial charge on any atom is -0.380 e. The molecule has 1 aliphatic carbocycles. The molecule has 3 aromatic rings. The van der Waals surface area contributed by atoms with Crippen LogP contribution in [0.15, 0.2) is 22.7 Å². The number of benzene rings is 1. The van der Waals surface area contributed by atoms with E-state index >= 15 is 0 Å². The Morgan fingerprint density at radius 3 is 2.79 bits per heavy atom. The van der Waals surface area contributed by atoms with E-state index in [-0.39, 0.29) is 11.9 Å². The Labute approximate surface area is 202 Å². The predicted molar refractivity (Wildman–Crippen MR) is 132 cm³/mol. The molecule has 1 aromatic carbocycles. The summed E-state index contributed by atoms with van der Waals surface area (Å²) in [5.41, 5.74) is 11.0. The van der Waals surface area contributed by atoms with E-state index in [0.29, 0.717) is 30.7 Å². The second-order valence-corrected chi connectivity index (χ2v) is 10.5. The number of nitrogens with one attached hydrogen (secondary N) is 1. The van der Waals surface area contributed by atoms with Crippen molar-refractivity contribution in [3.05, 3.63) is 45.2 Å². The van der Waals surface area contributed by atoms with Crippen LogP contribution < -0.4 is 16.0 Å². The van der Waals surface area contributed by atoms with Gasteiger partial charge in [-0.25, -0.2) is 4.98 Å². The molecular weight excluding hydrogens is 450 g/mol. The maximum Gasteiger partial charge on any atom is 0.240 e. The lowest BCUT2D eigenvalue weighted by atomic mass is 9.95. The number of thiazole rings is 1. The SMILES string of the molecule is Cc1nc2c(s1)C[C@H](Nc1ccc(-c3c(C)noc3C)cc1N1C(=O)CCC[C@H]1C(N)=O)CC2. The minimum atomic E-state index is -0.663. The number of fused-ring (bicyclic) bond motifs is 1. The minimum absolute atomic E-state index is 0.0852. The number of anilines is 2. The summed E-state index contributed by atoms with van der Waals surface area (Å²) in [7, 11) is 0. The fourth-order valence-corrected chi connectivity index (χ4v) is 6.25. The normalized spacial score (nSPS) is 20.3. The van der Waals surface area contributed by atoms with Crippen LogP contribution in [-0.4, -0.2) is 34.0 Å². The number of hydrogen-bond acceptors (Lipinski definition) is 7. The Morgan fingerprint density at radius 2 is 2.06 bits per heavy atom. The molecular formula is C25H29N5O3S. The summed E-state index contributed by atoms with van der Waals surface area (Å²) >= 11 is 1.75. The van der Waals surface area contributed by atoms with Gasteiger partial charge in [-0.2, -0.15) is 0 Å². The maximum atomic E-state index is 13.1. The summed E-state index contributed by atoms with van der Waals surface area (Å²) in [6.07, 6.45) is 4.38. The molecule has 3 heterocycles. The van der Waals surface area contributed by atoms with E-state index in [2.05, 4.69) is 15.5 Å². The molecule has 8 nitrogen and oxygen atoms in total. The van der Waals surface area contributed by atoms with Gasteiger partial charge in [0, 0.05) is 29.3 Å². The average Bonchev–Trinajstić information content (AvgIpc) is 3.34. The molecule has 2 amide bonds. The lowest BCUT2D eigenvalue weighted by Gasteiger charge is -2.36. The third-order valence-electron chi connectivity index (χ3n) is 6.76. The van der Waals surface area contributed by atoms with Crippen molar-refractivity contribution in [1.82, 2.24) is 10.1 Å². The summed E-state index contributed by atoms with van der Waals surface area (Å²) in [5, 5.41) is 8.85. The third-order valence-corrected chi connectivity index (χ3v) is 7.80. The van der Waals surface area contributed by atoms with Crippen molar-refractivity contribution in [1.29, 1.82) is 0 Å². The first-order valence-electron chi connectivity index (χ1n) is 11.7. The highest BCUT2D eigenvalue weighted by Gasteiger charge is 2.35. The van der Waals surface area contributed by atoms with Crippen LogP contribution in [0.3, 0.4) is 0 Å². The van der Waals surface area contributed by atoms with Crippen molar-refractivity contribution in [2.24, 2.45) is 5.73 Å². The quantitative estimate of drug-likeness (QED) is 0.570. The lowest BCUT2D eigenvalue weighted by molar-refractivity contribution is -0.126. The van der Waals surface area contributed by atoms with E-state index in [1.807, 2.05) is 39.0 Å². The zero-order valence-electron chi connectivity index (χ0n) is 19.7. The molecule has 5 rings (SSSR count). The number of rotatable bonds is 5. The second-order valence-electron chi connectivity index (χ2n) is 9.19. The zero-order chi connectivity index (χ0) is 24.0. The van der Waals surface area contributed by atoms with Crippen molar-refractivity contribution in [3.8, 4) is 11.1 Å². The van der Waals surface area contributed by atoms with Crippen molar-refractivity contribution in [3.63, 3.8) is 0 Å². The van der Waals surface area contributed by atoms with Crippen LogP contribution in [0.25, 0.3) is 11.1 Å². The number of hydrogen-bond donors (Lipinski definition) is 2. The lowest BCUT2D eigenvalue weighted by Crippen LogP contribution is -2.51. The summed E-state index contributed by atoms with van der Waals surface area (Å²) in [5.74, 6) is 0.142. The first-order valence-corrected chi connectivity index (χ1v) is 12.5. The fraction of sp³-hybridized carbons (Fsp3) is 0.440. The topological polar surface area (TPSA) is 114 Å². The van der Waals surface area contributed by atoms with Gasteiger partial charge < -0.3 is 15.6 Å². The Hall–Kier alpha value is -3.20. The van der Waals surface area contributed by atoms with Gasteiger partial charge in [-0.15, -0.1) is 11.3 Å². The number of amides is 2. The largest absolute Gasteiger partial charge is 0.380 e. The van der Waals surface area contributed by atoms with Crippen LogP contribution >= 0.6 is 11.3 Å². The number of carbonyl (C=O) groups excluding carboxylic acids is 2. The van der Waals surface area contributed by atoms with Crippen molar-refractivity contribution in [2.75, 3.05) is 10.2 Å². The van der Waals surface area contributed by atoms with Crippen LogP contribution in [0.5, 0.6) is 0 Å². The molecule has 178 valence electrons. The number of aromatic nitrogens is 2. The van der Waals surface area contributed by atoms with Gasteiger partial charge in [0.25, 0.3) is 0 Å². The maximum absolute atomic E-state index is 13.1. The number of aryl methyl sites for hydroxylation is 4. The highest BCUT2D eigenvalue weighted by atomic mass is 32.1. The molecule has 0 radical (unpaired) electrons. The van der Waals surface area contributed by atoms with Gasteiger partial charge in [0.1, 0.15) is 11.8 Å². The van der Waals surface area contributed by atoms with E-state index < -0.39 is 11.9 Å². The van der Waals surface area contributed by atoms with Crippen LogP contribution in [-0.2, 0) is 22.4 Å². The molecule has 0 bridgehead atoms. The molecule has 34 heavy (non-hydrogen) atoms. The number of nitrogens with zero attached hydrogens (tertiary/aromatic N) is 3. The van der Waals surface area contributed by atoms with Crippen molar-refractivity contribution in [2.45, 2.75) is 71.4 Å². The molecule has 1 aliphatic heterocycles.